The molecule has 0 fully saturated rings. The lowest BCUT2D eigenvalue weighted by molar-refractivity contribution is -0.123. The summed E-state index contributed by atoms with van der Waals surface area (Å²) in [6.07, 6.45) is 0.548. The van der Waals surface area contributed by atoms with Crippen LogP contribution in [0, 0.1) is 13.8 Å². The molecule has 2 atom stereocenters. The number of benzene rings is 2. The van der Waals surface area contributed by atoms with Crippen molar-refractivity contribution in [3.05, 3.63) is 70.8 Å². The van der Waals surface area contributed by atoms with E-state index in [1.165, 1.54) is 11.1 Å². The molecule has 4 heteroatoms. The Kier molecular flexibility index (Phi) is 7.27. The van der Waals surface area contributed by atoms with Gasteiger partial charge in [-0.2, -0.15) is 0 Å². The summed E-state index contributed by atoms with van der Waals surface area (Å²) in [4.78, 5) is 12.3. The van der Waals surface area contributed by atoms with Gasteiger partial charge in [-0.15, -0.1) is 12.4 Å². The van der Waals surface area contributed by atoms with E-state index >= 15 is 0 Å². The first-order chi connectivity index (χ1) is 10.5. The van der Waals surface area contributed by atoms with Crippen LogP contribution in [0.2, 0.25) is 0 Å². The predicted octanol–water partition coefficient (Wildman–Crippen LogP) is 3.47. The van der Waals surface area contributed by atoms with Crippen molar-refractivity contribution in [3.8, 4) is 0 Å². The largest absolute Gasteiger partial charge is 0.348 e. The first-order valence-corrected chi connectivity index (χ1v) is 7.64. The van der Waals surface area contributed by atoms with E-state index in [1.54, 1.807) is 0 Å². The summed E-state index contributed by atoms with van der Waals surface area (Å²) in [6.45, 7) is 6.11. The molecule has 0 radical (unpaired) electrons. The van der Waals surface area contributed by atoms with Crippen LogP contribution in [-0.2, 0) is 11.2 Å². The first kappa shape index (κ1) is 19.2. The summed E-state index contributed by atoms with van der Waals surface area (Å²) < 4.78 is 0. The molecule has 23 heavy (non-hydrogen) atoms. The van der Waals surface area contributed by atoms with Crippen molar-refractivity contribution >= 4 is 18.3 Å². The predicted molar refractivity (Wildman–Crippen MR) is 97.8 cm³/mol. The Morgan fingerprint density at radius 2 is 1.65 bits per heavy atom. The van der Waals surface area contributed by atoms with E-state index in [0.717, 1.165) is 11.1 Å². The first-order valence-electron chi connectivity index (χ1n) is 7.64. The summed E-state index contributed by atoms with van der Waals surface area (Å²) in [5.74, 6) is -0.115. The van der Waals surface area contributed by atoms with Crippen LogP contribution in [0.25, 0.3) is 0 Å². The third-order valence-corrected chi connectivity index (χ3v) is 3.74. The van der Waals surface area contributed by atoms with Gasteiger partial charge < -0.3 is 11.1 Å². The molecule has 0 heterocycles. The number of hydrogen-bond acceptors (Lipinski definition) is 2. The second-order valence-corrected chi connectivity index (χ2v) is 5.95. The monoisotopic (exact) mass is 332 g/mol. The van der Waals surface area contributed by atoms with Gasteiger partial charge in [0, 0.05) is 0 Å². The van der Waals surface area contributed by atoms with Crippen molar-refractivity contribution in [2.45, 2.75) is 39.3 Å². The molecule has 0 saturated heterocycles. The Morgan fingerprint density at radius 3 is 2.22 bits per heavy atom. The number of rotatable bonds is 5. The molecule has 1 amide bonds. The zero-order valence-corrected chi connectivity index (χ0v) is 14.7. The van der Waals surface area contributed by atoms with Crippen molar-refractivity contribution in [2.24, 2.45) is 5.73 Å². The van der Waals surface area contributed by atoms with Crippen LogP contribution in [-0.4, -0.2) is 11.9 Å². The van der Waals surface area contributed by atoms with E-state index in [-0.39, 0.29) is 24.4 Å². The fourth-order valence-corrected chi connectivity index (χ4v) is 2.62. The minimum Gasteiger partial charge on any atom is -0.348 e. The lowest BCUT2D eigenvalue weighted by Gasteiger charge is -2.19. The van der Waals surface area contributed by atoms with Crippen LogP contribution >= 0.6 is 12.4 Å². The SMILES string of the molecule is Cc1cc(C)cc(C(C)NC(=O)[C@@H](N)Cc2ccccc2)c1.Cl. The molecule has 3 nitrogen and oxygen atoms in total. The Hall–Kier alpha value is -1.84. The van der Waals surface area contributed by atoms with E-state index in [4.69, 9.17) is 5.73 Å². The average molecular weight is 333 g/mol. The highest BCUT2D eigenvalue weighted by Crippen LogP contribution is 2.16. The molecule has 3 N–H and O–H groups in total. The van der Waals surface area contributed by atoms with Crippen molar-refractivity contribution in [1.82, 2.24) is 5.32 Å². The Bertz CT molecular complexity index is 623. The number of carbonyl (C=O) groups is 1. The van der Waals surface area contributed by atoms with Crippen LogP contribution in [0.3, 0.4) is 0 Å². The van der Waals surface area contributed by atoms with Crippen molar-refractivity contribution in [3.63, 3.8) is 0 Å². The summed E-state index contributed by atoms with van der Waals surface area (Å²) in [7, 11) is 0. The van der Waals surface area contributed by atoms with Gasteiger partial charge in [-0.1, -0.05) is 59.7 Å². The lowest BCUT2D eigenvalue weighted by atomic mass is 10.0. The van der Waals surface area contributed by atoms with E-state index in [2.05, 4.69) is 37.4 Å². The Morgan fingerprint density at radius 1 is 1.09 bits per heavy atom. The third-order valence-electron chi connectivity index (χ3n) is 3.74. The number of aryl methyl sites for hydroxylation is 2. The number of amides is 1. The maximum Gasteiger partial charge on any atom is 0.237 e. The molecule has 0 aliphatic carbocycles. The second kappa shape index (κ2) is 8.70. The van der Waals surface area contributed by atoms with Crippen LogP contribution in [0.5, 0.6) is 0 Å². The summed E-state index contributed by atoms with van der Waals surface area (Å²) in [5.41, 5.74) is 10.6. The minimum absolute atomic E-state index is 0. The van der Waals surface area contributed by atoms with Crippen molar-refractivity contribution in [2.75, 3.05) is 0 Å². The normalized spacial score (nSPS) is 12.9. The number of nitrogens with two attached hydrogens (primary N) is 1. The van der Waals surface area contributed by atoms with Gasteiger partial charge in [-0.05, 0) is 38.3 Å². The van der Waals surface area contributed by atoms with Gasteiger partial charge in [0.1, 0.15) is 0 Å². The quantitative estimate of drug-likeness (QED) is 0.880. The second-order valence-electron chi connectivity index (χ2n) is 5.95. The molecule has 0 aliphatic heterocycles. The van der Waals surface area contributed by atoms with Gasteiger partial charge in [0.25, 0.3) is 0 Å². The molecule has 2 aromatic carbocycles. The summed E-state index contributed by atoms with van der Waals surface area (Å²) in [6, 6.07) is 15.6. The molecule has 1 unspecified atom stereocenters. The fraction of sp³-hybridized carbons (Fsp3) is 0.316. The lowest BCUT2D eigenvalue weighted by Crippen LogP contribution is -2.43. The number of carbonyl (C=O) groups excluding carboxylic acids is 1. The van der Waals surface area contributed by atoms with Crippen LogP contribution in [0.4, 0.5) is 0 Å². The van der Waals surface area contributed by atoms with E-state index in [9.17, 15) is 4.79 Å². The Balaban J connectivity index is 0.00000264. The van der Waals surface area contributed by atoms with Gasteiger partial charge in [-0.3, -0.25) is 4.79 Å². The highest BCUT2D eigenvalue weighted by molar-refractivity contribution is 5.85. The van der Waals surface area contributed by atoms with Crippen LogP contribution < -0.4 is 11.1 Å². The molecular formula is C19H25ClN2O. The summed E-state index contributed by atoms with van der Waals surface area (Å²) >= 11 is 0. The molecule has 0 bridgehead atoms. The maximum absolute atomic E-state index is 12.3. The molecule has 2 rings (SSSR count). The topological polar surface area (TPSA) is 55.1 Å². The highest BCUT2D eigenvalue weighted by atomic mass is 35.5. The smallest absolute Gasteiger partial charge is 0.237 e. The van der Waals surface area contributed by atoms with Gasteiger partial charge in [0.15, 0.2) is 0 Å². The molecule has 0 aliphatic rings. The molecule has 0 spiro atoms. The van der Waals surface area contributed by atoms with Crippen LogP contribution in [0.1, 0.15) is 35.2 Å². The Labute approximate surface area is 144 Å². The van der Waals surface area contributed by atoms with E-state index < -0.39 is 6.04 Å². The zero-order chi connectivity index (χ0) is 16.1. The average Bonchev–Trinajstić information content (AvgIpc) is 2.47. The molecule has 0 saturated carbocycles. The number of hydrogen-bond donors (Lipinski definition) is 2. The van der Waals surface area contributed by atoms with Gasteiger partial charge >= 0.3 is 0 Å². The highest BCUT2D eigenvalue weighted by Gasteiger charge is 2.17. The van der Waals surface area contributed by atoms with Gasteiger partial charge in [-0.25, -0.2) is 0 Å². The minimum atomic E-state index is -0.532. The van der Waals surface area contributed by atoms with E-state index in [0.29, 0.717) is 6.42 Å². The fourth-order valence-electron chi connectivity index (χ4n) is 2.62. The number of nitrogens with one attached hydrogen (secondary N) is 1. The van der Waals surface area contributed by atoms with Gasteiger partial charge in [0.2, 0.25) is 5.91 Å². The zero-order valence-electron chi connectivity index (χ0n) is 13.9. The number of halogens is 1. The molecule has 124 valence electrons. The standard InChI is InChI=1S/C19H24N2O.ClH/c1-13-9-14(2)11-17(10-13)15(3)21-19(22)18(20)12-16-7-5-4-6-8-16;/h4-11,15,18H,12,20H2,1-3H3,(H,21,22);1H/t15?,18-;/m0./s1. The molecule has 2 aromatic rings. The third kappa shape index (κ3) is 5.70. The van der Waals surface area contributed by atoms with Crippen LogP contribution in [0.15, 0.2) is 48.5 Å². The van der Waals surface area contributed by atoms with E-state index in [1.807, 2.05) is 37.3 Å². The summed E-state index contributed by atoms with van der Waals surface area (Å²) in [5, 5.41) is 3.01. The van der Waals surface area contributed by atoms with Crippen molar-refractivity contribution in [1.29, 1.82) is 0 Å². The van der Waals surface area contributed by atoms with Crippen molar-refractivity contribution < 1.29 is 4.79 Å². The molecular weight excluding hydrogens is 308 g/mol. The molecule has 0 aromatic heterocycles. The van der Waals surface area contributed by atoms with Gasteiger partial charge in [0.05, 0.1) is 12.1 Å². The maximum atomic E-state index is 12.3.